The molecule has 1 aliphatic rings. The lowest BCUT2D eigenvalue weighted by Crippen LogP contribution is -2.60. The standard InChI is InChI=1S/C59H110O12S/c1-3-5-7-9-11-13-15-17-19-21-23-25-26-27-29-31-33-35-37-39-41-43-45-47-49-67-51-53(52-68-59-57(63)58(71-72(64,65)66)56(62)54(50-60)70-59)69-55(61)48-46-44-42-40-38-36-34-32-30-28-24-22-20-18-16-14-12-10-8-6-4-2/h16,18,21-24,53-54,56-60,62-63H,3-15,17,19-20,25-52H2,1-2H3,(H,64,65,66)/b18-16-,23-21-,24-22-. The molecular formula is C59H110O12S. The van der Waals surface area contributed by atoms with Gasteiger partial charge in [-0.3, -0.25) is 9.35 Å². The van der Waals surface area contributed by atoms with Crippen molar-refractivity contribution in [3.05, 3.63) is 36.5 Å². The fraction of sp³-hybridized carbons (Fsp3) is 0.881. The van der Waals surface area contributed by atoms with Crippen molar-refractivity contribution in [3.8, 4) is 0 Å². The van der Waals surface area contributed by atoms with Crippen LogP contribution in [0.5, 0.6) is 0 Å². The van der Waals surface area contributed by atoms with Crippen molar-refractivity contribution in [2.45, 2.75) is 307 Å². The predicted molar refractivity (Wildman–Crippen MR) is 294 cm³/mol. The Labute approximate surface area is 441 Å². The Morgan fingerprint density at radius 1 is 0.528 bits per heavy atom. The normalized spacial score (nSPS) is 19.1. The van der Waals surface area contributed by atoms with Crippen LogP contribution in [0.1, 0.15) is 271 Å². The number of aliphatic hydroxyl groups excluding tert-OH is 3. The van der Waals surface area contributed by atoms with Crippen LogP contribution in [-0.4, -0.2) is 97.5 Å². The number of esters is 1. The van der Waals surface area contributed by atoms with Gasteiger partial charge in [0, 0.05) is 13.0 Å². The first kappa shape index (κ1) is 68.3. The smallest absolute Gasteiger partial charge is 0.397 e. The minimum absolute atomic E-state index is 0.0363. The van der Waals surface area contributed by atoms with Gasteiger partial charge in [0.1, 0.15) is 30.5 Å². The summed E-state index contributed by atoms with van der Waals surface area (Å²) in [6.07, 6.45) is 53.2. The molecule has 424 valence electrons. The lowest BCUT2D eigenvalue weighted by Gasteiger charge is -2.41. The Bertz CT molecular complexity index is 1390. The van der Waals surface area contributed by atoms with E-state index in [1.165, 1.54) is 193 Å². The van der Waals surface area contributed by atoms with Gasteiger partial charge in [-0.15, -0.1) is 0 Å². The van der Waals surface area contributed by atoms with Gasteiger partial charge in [-0.25, -0.2) is 4.18 Å². The summed E-state index contributed by atoms with van der Waals surface area (Å²) in [6, 6.07) is 0. The van der Waals surface area contributed by atoms with Gasteiger partial charge in [0.05, 0.1) is 19.8 Å². The molecule has 1 saturated heterocycles. The lowest BCUT2D eigenvalue weighted by molar-refractivity contribution is -0.301. The molecule has 0 amide bonds. The average Bonchev–Trinajstić information content (AvgIpc) is 3.36. The fourth-order valence-electron chi connectivity index (χ4n) is 9.23. The zero-order chi connectivity index (χ0) is 52.4. The molecule has 0 aromatic rings. The van der Waals surface area contributed by atoms with E-state index in [1.807, 2.05) is 0 Å². The monoisotopic (exact) mass is 1040 g/mol. The summed E-state index contributed by atoms with van der Waals surface area (Å²) >= 11 is 0. The molecular weight excluding hydrogens is 933 g/mol. The van der Waals surface area contributed by atoms with E-state index in [9.17, 15) is 33.1 Å². The quantitative estimate of drug-likeness (QED) is 0.0196. The topological polar surface area (TPSA) is 178 Å². The van der Waals surface area contributed by atoms with Crippen molar-refractivity contribution < 1.29 is 56.2 Å². The number of aliphatic hydroxyl groups is 3. The number of carbonyl (C=O) groups excluding carboxylic acids is 1. The Kier molecular flexibility index (Phi) is 47.6. The van der Waals surface area contributed by atoms with Crippen LogP contribution in [0.2, 0.25) is 0 Å². The zero-order valence-corrected chi connectivity index (χ0v) is 46.8. The van der Waals surface area contributed by atoms with Gasteiger partial charge in [-0.1, -0.05) is 230 Å². The maximum absolute atomic E-state index is 13.0. The van der Waals surface area contributed by atoms with E-state index in [1.54, 1.807) is 0 Å². The highest BCUT2D eigenvalue weighted by Crippen LogP contribution is 2.26. The van der Waals surface area contributed by atoms with Crippen molar-refractivity contribution in [1.29, 1.82) is 0 Å². The van der Waals surface area contributed by atoms with Gasteiger partial charge in [0.15, 0.2) is 6.29 Å². The molecule has 0 aromatic carbocycles. The fourth-order valence-corrected chi connectivity index (χ4v) is 9.74. The first-order valence-corrected chi connectivity index (χ1v) is 31.1. The third-order valence-electron chi connectivity index (χ3n) is 13.7. The summed E-state index contributed by atoms with van der Waals surface area (Å²) in [4.78, 5) is 13.0. The molecule has 0 saturated carbocycles. The van der Waals surface area contributed by atoms with Crippen LogP contribution >= 0.6 is 0 Å². The minimum atomic E-state index is -5.07. The molecule has 12 nitrogen and oxygen atoms in total. The summed E-state index contributed by atoms with van der Waals surface area (Å²) in [7, 11) is -5.07. The second kappa shape index (κ2) is 50.2. The largest absolute Gasteiger partial charge is 0.457 e. The van der Waals surface area contributed by atoms with Crippen molar-refractivity contribution in [2.75, 3.05) is 26.4 Å². The number of hydrogen-bond donors (Lipinski definition) is 4. The van der Waals surface area contributed by atoms with E-state index >= 15 is 0 Å². The van der Waals surface area contributed by atoms with Crippen molar-refractivity contribution in [1.82, 2.24) is 0 Å². The van der Waals surface area contributed by atoms with Gasteiger partial charge >= 0.3 is 16.4 Å². The van der Waals surface area contributed by atoms with Gasteiger partial charge in [0.2, 0.25) is 0 Å². The third kappa shape index (κ3) is 42.5. The maximum Gasteiger partial charge on any atom is 0.397 e. The molecule has 1 heterocycles. The molecule has 1 aliphatic heterocycles. The number of carbonyl (C=O) groups is 1. The summed E-state index contributed by atoms with van der Waals surface area (Å²) in [6.45, 7) is 4.03. The molecule has 0 aliphatic carbocycles. The summed E-state index contributed by atoms with van der Waals surface area (Å²) in [5, 5.41) is 30.9. The molecule has 6 atom stereocenters. The molecule has 1 fully saturated rings. The van der Waals surface area contributed by atoms with E-state index in [4.69, 9.17) is 18.9 Å². The molecule has 1 rings (SSSR count). The molecule has 72 heavy (non-hydrogen) atoms. The maximum atomic E-state index is 13.0. The third-order valence-corrected chi connectivity index (χ3v) is 14.2. The molecule has 4 N–H and O–H groups in total. The Morgan fingerprint density at radius 3 is 1.33 bits per heavy atom. The van der Waals surface area contributed by atoms with Crippen LogP contribution in [0, 0.1) is 0 Å². The molecule has 0 aromatic heterocycles. The first-order valence-electron chi connectivity index (χ1n) is 29.7. The first-order chi connectivity index (χ1) is 35.1. The van der Waals surface area contributed by atoms with Crippen LogP contribution in [0.15, 0.2) is 36.5 Å². The molecule has 13 heteroatoms. The van der Waals surface area contributed by atoms with Gasteiger partial charge < -0.3 is 34.3 Å². The van der Waals surface area contributed by atoms with Crippen LogP contribution in [-0.2, 0) is 38.3 Å². The predicted octanol–water partition coefficient (Wildman–Crippen LogP) is 14.9. The number of unbranched alkanes of at least 4 members (excludes halogenated alkanes) is 34. The average molecular weight is 1040 g/mol. The Morgan fingerprint density at radius 2 is 0.917 bits per heavy atom. The van der Waals surface area contributed by atoms with E-state index in [0.29, 0.717) is 13.0 Å². The van der Waals surface area contributed by atoms with E-state index < -0.39 is 59.8 Å². The summed E-state index contributed by atoms with van der Waals surface area (Å²) in [5.74, 6) is -0.399. The second-order valence-corrected chi connectivity index (χ2v) is 21.6. The van der Waals surface area contributed by atoms with Crippen molar-refractivity contribution in [2.24, 2.45) is 0 Å². The zero-order valence-electron chi connectivity index (χ0n) is 46.0. The van der Waals surface area contributed by atoms with E-state index in [-0.39, 0.29) is 19.6 Å². The van der Waals surface area contributed by atoms with Gasteiger partial charge in [-0.05, 0) is 70.6 Å². The number of hydrogen-bond acceptors (Lipinski definition) is 11. The van der Waals surface area contributed by atoms with E-state index in [0.717, 1.165) is 51.4 Å². The van der Waals surface area contributed by atoms with Gasteiger partial charge in [0.25, 0.3) is 0 Å². The van der Waals surface area contributed by atoms with Gasteiger partial charge in [-0.2, -0.15) is 8.42 Å². The minimum Gasteiger partial charge on any atom is -0.457 e. The van der Waals surface area contributed by atoms with Crippen molar-refractivity contribution in [3.63, 3.8) is 0 Å². The molecule has 0 spiro atoms. The summed E-state index contributed by atoms with van der Waals surface area (Å²) < 4.78 is 59.5. The van der Waals surface area contributed by atoms with Crippen molar-refractivity contribution >= 4 is 16.4 Å². The molecule has 0 bridgehead atoms. The van der Waals surface area contributed by atoms with Crippen LogP contribution in [0.3, 0.4) is 0 Å². The Balaban J connectivity index is 2.28. The van der Waals surface area contributed by atoms with Crippen LogP contribution in [0.25, 0.3) is 0 Å². The van der Waals surface area contributed by atoms with E-state index in [2.05, 4.69) is 54.5 Å². The summed E-state index contributed by atoms with van der Waals surface area (Å²) in [5.41, 5.74) is 0. The molecule has 0 radical (unpaired) electrons. The highest BCUT2D eigenvalue weighted by atomic mass is 32.3. The number of ether oxygens (including phenoxy) is 4. The number of allylic oxidation sites excluding steroid dienone is 6. The van der Waals surface area contributed by atoms with Crippen LogP contribution in [0.4, 0.5) is 0 Å². The lowest BCUT2D eigenvalue weighted by atomic mass is 9.99. The number of rotatable bonds is 53. The Hall–Kier alpha value is -1.68. The highest BCUT2D eigenvalue weighted by molar-refractivity contribution is 7.80. The SMILES string of the molecule is CCCCCCC/C=C\C/C=C\CCCCCCCCCCCC(=O)OC(COCCCCCCCCCCCCCC/C=C\CCCCCCCCCC)COC1OC(CO)C(O)C(OS(=O)(=O)O)C1O. The van der Waals surface area contributed by atoms with Crippen LogP contribution < -0.4 is 0 Å². The highest BCUT2D eigenvalue weighted by Gasteiger charge is 2.48. The second-order valence-electron chi connectivity index (χ2n) is 20.6. The molecule has 6 unspecified atom stereocenters.